The number of imidazole rings is 1. The maximum atomic E-state index is 11.7. The second-order valence-corrected chi connectivity index (χ2v) is 4.66. The lowest BCUT2D eigenvalue weighted by Gasteiger charge is -2.08. The predicted molar refractivity (Wildman–Crippen MR) is 64.8 cm³/mol. The summed E-state index contributed by atoms with van der Waals surface area (Å²) in [5.74, 6) is 0.370. The Kier molecular flexibility index (Phi) is 2.58. The zero-order chi connectivity index (χ0) is 11.9. The quantitative estimate of drug-likeness (QED) is 0.843. The first-order chi connectivity index (χ1) is 7.50. The SMILES string of the molecule is CC(C)c1ccc2[nH]c(=O)n(C(C)C)c2n1. The first-order valence-electron chi connectivity index (χ1n) is 5.62. The molecule has 0 bridgehead atoms. The summed E-state index contributed by atoms with van der Waals surface area (Å²) in [5, 5.41) is 0. The number of nitrogens with one attached hydrogen (secondary N) is 1. The average Bonchev–Trinajstić information content (AvgIpc) is 2.51. The number of fused-ring (bicyclic) bond motifs is 1. The molecule has 0 aliphatic rings. The van der Waals surface area contributed by atoms with Crippen molar-refractivity contribution in [3.05, 3.63) is 28.3 Å². The van der Waals surface area contributed by atoms with E-state index in [9.17, 15) is 4.79 Å². The van der Waals surface area contributed by atoms with Crippen LogP contribution in [0.15, 0.2) is 16.9 Å². The van der Waals surface area contributed by atoms with Gasteiger partial charge in [0.1, 0.15) is 0 Å². The normalized spacial score (nSPS) is 11.9. The van der Waals surface area contributed by atoms with E-state index in [0.29, 0.717) is 5.92 Å². The number of aromatic amines is 1. The highest BCUT2D eigenvalue weighted by atomic mass is 16.1. The van der Waals surface area contributed by atoms with E-state index in [4.69, 9.17) is 0 Å². The predicted octanol–water partition coefficient (Wildman–Crippen LogP) is 2.43. The van der Waals surface area contributed by atoms with Crippen LogP contribution in [0.2, 0.25) is 0 Å². The van der Waals surface area contributed by atoms with Crippen molar-refractivity contribution < 1.29 is 0 Å². The van der Waals surface area contributed by atoms with Crippen LogP contribution in [-0.2, 0) is 0 Å². The molecule has 0 aliphatic heterocycles. The highest BCUT2D eigenvalue weighted by Gasteiger charge is 2.12. The molecule has 2 heterocycles. The molecule has 0 aliphatic carbocycles. The number of H-pyrrole nitrogens is 1. The van der Waals surface area contributed by atoms with E-state index < -0.39 is 0 Å². The molecule has 86 valence electrons. The van der Waals surface area contributed by atoms with Gasteiger partial charge in [-0.05, 0) is 31.9 Å². The number of rotatable bonds is 2. The lowest BCUT2D eigenvalue weighted by molar-refractivity contribution is 0.592. The average molecular weight is 219 g/mol. The Morgan fingerprint density at radius 3 is 2.50 bits per heavy atom. The second kappa shape index (κ2) is 3.77. The smallest absolute Gasteiger partial charge is 0.304 e. The molecule has 16 heavy (non-hydrogen) atoms. The van der Waals surface area contributed by atoms with Crippen molar-refractivity contribution >= 4 is 11.2 Å². The number of hydrogen-bond donors (Lipinski definition) is 1. The molecule has 4 heteroatoms. The summed E-state index contributed by atoms with van der Waals surface area (Å²) in [5.41, 5.74) is 2.49. The molecule has 2 aromatic rings. The van der Waals surface area contributed by atoms with Gasteiger partial charge in [0.15, 0.2) is 5.65 Å². The van der Waals surface area contributed by atoms with Crippen molar-refractivity contribution in [3.63, 3.8) is 0 Å². The van der Waals surface area contributed by atoms with Crippen LogP contribution in [0.1, 0.15) is 45.3 Å². The fourth-order valence-electron chi connectivity index (χ4n) is 1.82. The molecule has 0 amide bonds. The van der Waals surface area contributed by atoms with E-state index in [1.54, 1.807) is 4.57 Å². The topological polar surface area (TPSA) is 50.7 Å². The molecule has 0 atom stereocenters. The molecular weight excluding hydrogens is 202 g/mol. The third kappa shape index (κ3) is 1.64. The highest BCUT2D eigenvalue weighted by Crippen LogP contribution is 2.17. The summed E-state index contributed by atoms with van der Waals surface area (Å²) < 4.78 is 1.70. The van der Waals surface area contributed by atoms with E-state index in [0.717, 1.165) is 16.9 Å². The van der Waals surface area contributed by atoms with Gasteiger partial charge in [-0.2, -0.15) is 0 Å². The Hall–Kier alpha value is -1.58. The Labute approximate surface area is 94.3 Å². The van der Waals surface area contributed by atoms with Crippen LogP contribution in [0.3, 0.4) is 0 Å². The van der Waals surface area contributed by atoms with Gasteiger partial charge in [-0.1, -0.05) is 13.8 Å². The largest absolute Gasteiger partial charge is 0.327 e. The molecule has 0 fully saturated rings. The summed E-state index contributed by atoms with van der Waals surface area (Å²) in [6.07, 6.45) is 0. The van der Waals surface area contributed by atoms with Gasteiger partial charge >= 0.3 is 5.69 Å². The fraction of sp³-hybridized carbons (Fsp3) is 0.500. The summed E-state index contributed by atoms with van der Waals surface area (Å²) in [4.78, 5) is 19.1. The Balaban J connectivity index is 2.75. The van der Waals surface area contributed by atoms with Crippen molar-refractivity contribution in [2.75, 3.05) is 0 Å². The standard InChI is InChI=1S/C12H17N3O/c1-7(2)9-5-6-10-11(13-9)15(8(3)4)12(16)14-10/h5-8H,1-4H3,(H,14,16). The Morgan fingerprint density at radius 2 is 1.94 bits per heavy atom. The monoisotopic (exact) mass is 219 g/mol. The van der Waals surface area contributed by atoms with E-state index in [1.165, 1.54) is 0 Å². The molecule has 4 nitrogen and oxygen atoms in total. The molecule has 0 saturated carbocycles. The van der Waals surface area contributed by atoms with E-state index in [-0.39, 0.29) is 11.7 Å². The maximum Gasteiger partial charge on any atom is 0.327 e. The van der Waals surface area contributed by atoms with E-state index in [1.807, 2.05) is 26.0 Å². The summed E-state index contributed by atoms with van der Waals surface area (Å²) in [7, 11) is 0. The maximum absolute atomic E-state index is 11.7. The Morgan fingerprint density at radius 1 is 1.25 bits per heavy atom. The van der Waals surface area contributed by atoms with Crippen molar-refractivity contribution in [2.45, 2.75) is 39.7 Å². The number of aromatic nitrogens is 3. The first-order valence-corrected chi connectivity index (χ1v) is 5.62. The van der Waals surface area contributed by atoms with Gasteiger partial charge in [-0.15, -0.1) is 0 Å². The number of nitrogens with zero attached hydrogens (tertiary/aromatic N) is 2. The van der Waals surface area contributed by atoms with Crippen molar-refractivity contribution in [1.82, 2.24) is 14.5 Å². The van der Waals surface area contributed by atoms with Gasteiger partial charge in [-0.25, -0.2) is 9.78 Å². The van der Waals surface area contributed by atoms with Crippen LogP contribution in [0.5, 0.6) is 0 Å². The van der Waals surface area contributed by atoms with Crippen LogP contribution in [0.4, 0.5) is 0 Å². The first kappa shape index (κ1) is 10.9. The molecule has 2 aromatic heterocycles. The molecule has 0 radical (unpaired) electrons. The molecule has 0 aromatic carbocycles. The van der Waals surface area contributed by atoms with Crippen molar-refractivity contribution in [3.8, 4) is 0 Å². The van der Waals surface area contributed by atoms with Gasteiger partial charge in [0.05, 0.1) is 5.52 Å². The summed E-state index contributed by atoms with van der Waals surface area (Å²) in [6, 6.07) is 4.02. The molecule has 2 rings (SSSR count). The lowest BCUT2D eigenvalue weighted by atomic mass is 10.1. The number of hydrogen-bond acceptors (Lipinski definition) is 2. The minimum absolute atomic E-state index is 0.0848. The molecule has 0 unspecified atom stereocenters. The molecular formula is C12H17N3O. The van der Waals surface area contributed by atoms with Crippen LogP contribution < -0.4 is 5.69 Å². The van der Waals surface area contributed by atoms with Crippen LogP contribution in [0, 0.1) is 0 Å². The van der Waals surface area contributed by atoms with Gasteiger partial charge in [0.2, 0.25) is 0 Å². The van der Waals surface area contributed by atoms with Gasteiger partial charge in [0, 0.05) is 11.7 Å². The zero-order valence-corrected chi connectivity index (χ0v) is 10.1. The molecule has 1 N–H and O–H groups in total. The van der Waals surface area contributed by atoms with E-state index in [2.05, 4.69) is 23.8 Å². The fourth-order valence-corrected chi connectivity index (χ4v) is 1.82. The molecule has 0 spiro atoms. The summed E-state index contributed by atoms with van der Waals surface area (Å²) >= 11 is 0. The third-order valence-corrected chi connectivity index (χ3v) is 2.69. The second-order valence-electron chi connectivity index (χ2n) is 4.66. The Bertz CT molecular complexity index is 563. The van der Waals surface area contributed by atoms with Crippen molar-refractivity contribution in [1.29, 1.82) is 0 Å². The van der Waals surface area contributed by atoms with Crippen LogP contribution >= 0.6 is 0 Å². The zero-order valence-electron chi connectivity index (χ0n) is 10.1. The van der Waals surface area contributed by atoms with Crippen LogP contribution in [0.25, 0.3) is 11.2 Å². The van der Waals surface area contributed by atoms with Crippen LogP contribution in [-0.4, -0.2) is 14.5 Å². The highest BCUT2D eigenvalue weighted by molar-refractivity contribution is 5.70. The molecule has 0 saturated heterocycles. The minimum Gasteiger partial charge on any atom is -0.304 e. The lowest BCUT2D eigenvalue weighted by Crippen LogP contribution is -2.18. The van der Waals surface area contributed by atoms with Crippen molar-refractivity contribution in [2.24, 2.45) is 0 Å². The number of pyridine rings is 1. The summed E-state index contributed by atoms with van der Waals surface area (Å²) in [6.45, 7) is 8.16. The van der Waals surface area contributed by atoms with Gasteiger partial charge < -0.3 is 4.98 Å². The van der Waals surface area contributed by atoms with Gasteiger partial charge in [-0.3, -0.25) is 4.57 Å². The van der Waals surface area contributed by atoms with Gasteiger partial charge in [0.25, 0.3) is 0 Å². The third-order valence-electron chi connectivity index (χ3n) is 2.69. The minimum atomic E-state index is -0.0848. The van der Waals surface area contributed by atoms with E-state index >= 15 is 0 Å².